The van der Waals surface area contributed by atoms with Crippen LogP contribution >= 0.6 is 0 Å². The summed E-state index contributed by atoms with van der Waals surface area (Å²) in [6.45, 7) is 3.54. The van der Waals surface area contributed by atoms with Crippen LogP contribution in [0.15, 0.2) is 24.3 Å². The van der Waals surface area contributed by atoms with Crippen molar-refractivity contribution >= 4 is 5.91 Å². The van der Waals surface area contributed by atoms with Crippen molar-refractivity contribution in [2.24, 2.45) is 5.92 Å². The quantitative estimate of drug-likeness (QED) is 0.824. The van der Waals surface area contributed by atoms with Gasteiger partial charge in [-0.05, 0) is 31.0 Å². The predicted molar refractivity (Wildman–Crippen MR) is 79.4 cm³/mol. The fourth-order valence-electron chi connectivity index (χ4n) is 2.36. The van der Waals surface area contributed by atoms with Gasteiger partial charge in [0.1, 0.15) is 12.4 Å². The van der Waals surface area contributed by atoms with Crippen LogP contribution in [0.3, 0.4) is 0 Å². The van der Waals surface area contributed by atoms with E-state index < -0.39 is 6.36 Å². The first-order valence-electron chi connectivity index (χ1n) is 7.64. The lowest BCUT2D eigenvalue weighted by Gasteiger charge is -2.16. The minimum Gasteiger partial charge on any atom is -0.406 e. The molecule has 5 nitrogen and oxygen atoms in total. The highest BCUT2D eigenvalue weighted by molar-refractivity contribution is 5.77. The van der Waals surface area contributed by atoms with E-state index in [1.165, 1.54) is 24.3 Å². The number of halogens is 3. The molecule has 1 aliphatic heterocycles. The zero-order chi connectivity index (χ0) is 17.6. The second-order valence-electron chi connectivity index (χ2n) is 5.65. The Kier molecular flexibility index (Phi) is 6.44. The molecule has 1 aliphatic rings. The topological polar surface area (TPSA) is 56.8 Å². The largest absolute Gasteiger partial charge is 0.573 e. The average molecular weight is 347 g/mol. The number of amides is 1. The summed E-state index contributed by atoms with van der Waals surface area (Å²) in [5.41, 5.74) is 0.669. The molecule has 1 aromatic carbocycles. The molecule has 1 aromatic rings. The van der Waals surface area contributed by atoms with Gasteiger partial charge in [0.15, 0.2) is 0 Å². The van der Waals surface area contributed by atoms with Gasteiger partial charge in [-0.3, -0.25) is 4.79 Å². The molecular weight excluding hydrogens is 327 g/mol. The average Bonchev–Trinajstić information content (AvgIpc) is 2.99. The fraction of sp³-hybridized carbons (Fsp3) is 0.562. The van der Waals surface area contributed by atoms with Crippen molar-refractivity contribution in [2.45, 2.75) is 25.7 Å². The van der Waals surface area contributed by atoms with Gasteiger partial charge in [-0.15, -0.1) is 13.2 Å². The molecule has 24 heavy (non-hydrogen) atoms. The minimum atomic E-state index is -4.72. The van der Waals surface area contributed by atoms with Crippen LogP contribution in [-0.2, 0) is 14.3 Å². The lowest BCUT2D eigenvalue weighted by molar-refractivity contribution is -0.274. The van der Waals surface area contributed by atoms with Crippen molar-refractivity contribution < 1.29 is 32.2 Å². The van der Waals surface area contributed by atoms with E-state index in [2.05, 4.69) is 10.1 Å². The van der Waals surface area contributed by atoms with Crippen LogP contribution in [0.5, 0.6) is 5.75 Å². The standard InChI is InChI=1S/C16H20F3NO4/c1-11(13-2-4-14(5-3-13)24-16(17,18)19)20-15(21)10-23-9-12-6-7-22-8-12/h2-5,11-12H,6-10H2,1H3,(H,20,21). The molecule has 8 heteroatoms. The maximum absolute atomic E-state index is 12.1. The molecule has 2 rings (SSSR count). The number of hydrogen-bond acceptors (Lipinski definition) is 4. The van der Waals surface area contributed by atoms with E-state index in [1.807, 2.05) is 0 Å². The van der Waals surface area contributed by atoms with Crippen molar-refractivity contribution in [1.29, 1.82) is 0 Å². The van der Waals surface area contributed by atoms with Crippen LogP contribution < -0.4 is 10.1 Å². The van der Waals surface area contributed by atoms with Crippen molar-refractivity contribution in [2.75, 3.05) is 26.4 Å². The van der Waals surface area contributed by atoms with Gasteiger partial charge in [0.05, 0.1) is 19.3 Å². The van der Waals surface area contributed by atoms with Crippen LogP contribution in [0.1, 0.15) is 24.9 Å². The number of carbonyl (C=O) groups excluding carboxylic acids is 1. The van der Waals surface area contributed by atoms with Crippen molar-refractivity contribution in [3.8, 4) is 5.75 Å². The summed E-state index contributed by atoms with van der Waals surface area (Å²) < 4.78 is 50.7. The van der Waals surface area contributed by atoms with Gasteiger partial charge in [-0.1, -0.05) is 12.1 Å². The predicted octanol–water partition coefficient (Wildman–Crippen LogP) is 2.82. The molecule has 1 saturated heterocycles. The van der Waals surface area contributed by atoms with Gasteiger partial charge in [0, 0.05) is 12.5 Å². The Morgan fingerprint density at radius 1 is 1.38 bits per heavy atom. The van der Waals surface area contributed by atoms with E-state index in [9.17, 15) is 18.0 Å². The number of nitrogens with one attached hydrogen (secondary N) is 1. The molecule has 0 saturated carbocycles. The summed E-state index contributed by atoms with van der Waals surface area (Å²) in [5, 5.41) is 2.73. The Hall–Kier alpha value is -1.80. The van der Waals surface area contributed by atoms with Crippen LogP contribution in [0, 0.1) is 5.92 Å². The maximum atomic E-state index is 12.1. The minimum absolute atomic E-state index is 0.0594. The molecule has 0 bridgehead atoms. The highest BCUT2D eigenvalue weighted by Crippen LogP contribution is 2.24. The van der Waals surface area contributed by atoms with Crippen molar-refractivity contribution in [1.82, 2.24) is 5.32 Å². The monoisotopic (exact) mass is 347 g/mol. The number of carbonyl (C=O) groups is 1. The number of rotatable bonds is 7. The third kappa shape index (κ3) is 6.37. The van der Waals surface area contributed by atoms with Gasteiger partial charge >= 0.3 is 6.36 Å². The summed E-state index contributed by atoms with van der Waals surface area (Å²) in [7, 11) is 0. The molecule has 1 amide bonds. The van der Waals surface area contributed by atoms with E-state index in [1.54, 1.807) is 6.92 Å². The second-order valence-corrected chi connectivity index (χ2v) is 5.65. The molecule has 2 unspecified atom stereocenters. The van der Waals surface area contributed by atoms with Gasteiger partial charge in [0.25, 0.3) is 0 Å². The normalized spacial score (nSPS) is 19.1. The number of alkyl halides is 3. The first-order valence-corrected chi connectivity index (χ1v) is 7.64. The Labute approximate surface area is 138 Å². The molecule has 134 valence electrons. The Bertz CT molecular complexity index is 527. The van der Waals surface area contributed by atoms with E-state index >= 15 is 0 Å². The third-order valence-electron chi connectivity index (χ3n) is 3.60. The molecular formula is C16H20F3NO4. The van der Waals surface area contributed by atoms with Crippen molar-refractivity contribution in [3.63, 3.8) is 0 Å². The highest BCUT2D eigenvalue weighted by Gasteiger charge is 2.31. The van der Waals surface area contributed by atoms with Crippen LogP contribution in [0.4, 0.5) is 13.2 Å². The molecule has 1 N–H and O–H groups in total. The van der Waals surface area contributed by atoms with E-state index in [0.717, 1.165) is 13.0 Å². The molecule has 1 fully saturated rings. The van der Waals surface area contributed by atoms with Gasteiger partial charge in [-0.2, -0.15) is 0 Å². The van der Waals surface area contributed by atoms with Crippen LogP contribution in [-0.4, -0.2) is 38.7 Å². The summed E-state index contributed by atoms with van der Waals surface area (Å²) in [6.07, 6.45) is -3.78. The Morgan fingerprint density at radius 3 is 2.67 bits per heavy atom. The number of ether oxygens (including phenoxy) is 3. The zero-order valence-electron chi connectivity index (χ0n) is 13.3. The van der Waals surface area contributed by atoms with Gasteiger partial charge in [0.2, 0.25) is 5.91 Å². The Balaban J connectivity index is 1.74. The van der Waals surface area contributed by atoms with Crippen LogP contribution in [0.2, 0.25) is 0 Å². The fourth-order valence-corrected chi connectivity index (χ4v) is 2.36. The van der Waals surface area contributed by atoms with Gasteiger partial charge < -0.3 is 19.5 Å². The first kappa shape index (κ1) is 18.5. The zero-order valence-corrected chi connectivity index (χ0v) is 13.3. The van der Waals surface area contributed by atoms with E-state index in [-0.39, 0.29) is 24.3 Å². The molecule has 0 aliphatic carbocycles. The Morgan fingerprint density at radius 2 is 2.08 bits per heavy atom. The molecule has 0 spiro atoms. The van der Waals surface area contributed by atoms with Crippen molar-refractivity contribution in [3.05, 3.63) is 29.8 Å². The molecule has 2 atom stereocenters. The van der Waals surface area contributed by atoms with E-state index in [4.69, 9.17) is 9.47 Å². The molecule has 0 aromatic heterocycles. The van der Waals surface area contributed by atoms with Crippen LogP contribution in [0.25, 0.3) is 0 Å². The second kappa shape index (κ2) is 8.34. The smallest absolute Gasteiger partial charge is 0.406 e. The first-order chi connectivity index (χ1) is 11.3. The maximum Gasteiger partial charge on any atom is 0.573 e. The summed E-state index contributed by atoms with van der Waals surface area (Å²) in [4.78, 5) is 11.8. The summed E-state index contributed by atoms with van der Waals surface area (Å²) >= 11 is 0. The summed E-state index contributed by atoms with van der Waals surface area (Å²) in [5.74, 6) is -0.250. The van der Waals surface area contributed by atoms with E-state index in [0.29, 0.717) is 24.7 Å². The number of benzene rings is 1. The number of hydrogen-bond donors (Lipinski definition) is 1. The third-order valence-corrected chi connectivity index (χ3v) is 3.60. The van der Waals surface area contributed by atoms with Gasteiger partial charge in [-0.25, -0.2) is 0 Å². The lowest BCUT2D eigenvalue weighted by atomic mass is 10.1. The SMILES string of the molecule is CC(NC(=O)COCC1CCOC1)c1ccc(OC(F)(F)F)cc1. The molecule has 1 heterocycles. The highest BCUT2D eigenvalue weighted by atomic mass is 19.4. The summed E-state index contributed by atoms with van der Waals surface area (Å²) in [6, 6.07) is 5.02. The lowest BCUT2D eigenvalue weighted by Crippen LogP contribution is -2.31. The molecule has 0 radical (unpaired) electrons.